The number of carbonyl (C=O) groups is 1. The van der Waals surface area contributed by atoms with Crippen LogP contribution in [0.2, 0.25) is 0 Å². The molecule has 2 heterocycles. The molecular formula is C10H9N3O3. The summed E-state index contributed by atoms with van der Waals surface area (Å²) < 4.78 is 1.18. The minimum atomic E-state index is -1.09. The van der Waals surface area contributed by atoms with Crippen LogP contribution in [0.4, 0.5) is 0 Å². The van der Waals surface area contributed by atoms with E-state index in [4.69, 9.17) is 10.8 Å². The maximum Gasteiger partial charge on any atom is 0.337 e. The lowest BCUT2D eigenvalue weighted by molar-refractivity contribution is 0.0696. The van der Waals surface area contributed by atoms with Gasteiger partial charge in [-0.3, -0.25) is 9.20 Å². The van der Waals surface area contributed by atoms with Crippen LogP contribution in [0.15, 0.2) is 29.2 Å². The normalized spacial score (nSPS) is 10.6. The van der Waals surface area contributed by atoms with Crippen LogP contribution in [-0.2, 0) is 6.54 Å². The monoisotopic (exact) mass is 219 g/mol. The zero-order valence-electron chi connectivity index (χ0n) is 8.25. The number of hydrogen-bond donors (Lipinski definition) is 2. The van der Waals surface area contributed by atoms with E-state index >= 15 is 0 Å². The van der Waals surface area contributed by atoms with E-state index in [0.717, 1.165) is 0 Å². The van der Waals surface area contributed by atoms with Gasteiger partial charge in [-0.05, 0) is 12.1 Å². The summed E-state index contributed by atoms with van der Waals surface area (Å²) in [6, 6.07) is 4.16. The van der Waals surface area contributed by atoms with Gasteiger partial charge in [0.15, 0.2) is 0 Å². The first-order valence-corrected chi connectivity index (χ1v) is 4.57. The number of nitrogens with zero attached hydrogens (tertiary/aromatic N) is 2. The molecule has 2 rings (SSSR count). The van der Waals surface area contributed by atoms with Crippen molar-refractivity contribution < 1.29 is 9.90 Å². The molecular weight excluding hydrogens is 210 g/mol. The van der Waals surface area contributed by atoms with Crippen LogP contribution in [0.5, 0.6) is 0 Å². The number of pyridine rings is 1. The standard InChI is InChI=1S/C10H9N3O3/c11-4-7-3-9(14)13-5-6(10(15)16)1-2-8(13)12-7/h1-3,5H,4,11H2,(H,15,16). The lowest BCUT2D eigenvalue weighted by Crippen LogP contribution is -2.18. The maximum absolute atomic E-state index is 11.6. The number of carboxylic acid groups (broad SMARTS) is 1. The van der Waals surface area contributed by atoms with Gasteiger partial charge in [0.1, 0.15) is 5.65 Å². The molecule has 0 aromatic carbocycles. The number of fused-ring (bicyclic) bond motifs is 1. The van der Waals surface area contributed by atoms with E-state index in [9.17, 15) is 9.59 Å². The van der Waals surface area contributed by atoms with E-state index in [-0.39, 0.29) is 17.7 Å². The Morgan fingerprint density at radius 2 is 2.25 bits per heavy atom. The van der Waals surface area contributed by atoms with E-state index in [1.54, 1.807) is 0 Å². The zero-order chi connectivity index (χ0) is 11.7. The Morgan fingerprint density at radius 1 is 1.50 bits per heavy atom. The molecule has 0 amide bonds. The van der Waals surface area contributed by atoms with Crippen LogP contribution in [-0.4, -0.2) is 20.5 Å². The molecule has 6 nitrogen and oxygen atoms in total. The second-order valence-corrected chi connectivity index (χ2v) is 3.24. The highest BCUT2D eigenvalue weighted by Crippen LogP contribution is 2.03. The second kappa shape index (κ2) is 3.74. The SMILES string of the molecule is NCc1cc(=O)n2cc(C(=O)O)ccc2n1. The number of rotatable bonds is 2. The molecule has 2 aromatic heterocycles. The Bertz CT molecular complexity index is 618. The molecule has 0 bridgehead atoms. The van der Waals surface area contributed by atoms with Crippen molar-refractivity contribution in [2.45, 2.75) is 6.54 Å². The summed E-state index contributed by atoms with van der Waals surface area (Å²) in [5, 5.41) is 8.78. The van der Waals surface area contributed by atoms with Gasteiger partial charge in [0.2, 0.25) is 0 Å². The van der Waals surface area contributed by atoms with Crippen LogP contribution >= 0.6 is 0 Å². The van der Waals surface area contributed by atoms with Gasteiger partial charge >= 0.3 is 5.97 Å². The predicted octanol–water partition coefficient (Wildman–Crippen LogP) is -0.149. The fourth-order valence-corrected chi connectivity index (χ4v) is 1.38. The lowest BCUT2D eigenvalue weighted by atomic mass is 10.3. The summed E-state index contributed by atoms with van der Waals surface area (Å²) >= 11 is 0. The van der Waals surface area contributed by atoms with Gasteiger partial charge in [-0.2, -0.15) is 0 Å². The fraction of sp³-hybridized carbons (Fsp3) is 0.100. The molecule has 6 heteroatoms. The fourth-order valence-electron chi connectivity index (χ4n) is 1.38. The molecule has 0 saturated heterocycles. The molecule has 3 N–H and O–H groups in total. The van der Waals surface area contributed by atoms with Crippen molar-refractivity contribution >= 4 is 11.6 Å². The summed E-state index contributed by atoms with van der Waals surface area (Å²) in [6.07, 6.45) is 1.24. The first-order chi connectivity index (χ1) is 7.61. The van der Waals surface area contributed by atoms with Crippen LogP contribution in [0, 0.1) is 0 Å². The molecule has 0 spiro atoms. The molecule has 2 aromatic rings. The average molecular weight is 219 g/mol. The molecule has 0 radical (unpaired) electrons. The van der Waals surface area contributed by atoms with Crippen molar-refractivity contribution in [1.29, 1.82) is 0 Å². The van der Waals surface area contributed by atoms with Gasteiger partial charge < -0.3 is 10.8 Å². The number of aromatic nitrogens is 2. The first-order valence-electron chi connectivity index (χ1n) is 4.57. The highest BCUT2D eigenvalue weighted by atomic mass is 16.4. The van der Waals surface area contributed by atoms with Crippen molar-refractivity contribution in [2.24, 2.45) is 5.73 Å². The number of carboxylic acids is 1. The summed E-state index contributed by atoms with van der Waals surface area (Å²) in [4.78, 5) is 26.4. The van der Waals surface area contributed by atoms with E-state index in [1.165, 1.54) is 28.8 Å². The number of nitrogens with two attached hydrogens (primary N) is 1. The number of hydrogen-bond acceptors (Lipinski definition) is 4. The number of aromatic carboxylic acids is 1. The van der Waals surface area contributed by atoms with Crippen LogP contribution in [0.1, 0.15) is 16.1 Å². The Hall–Kier alpha value is -2.21. The van der Waals surface area contributed by atoms with E-state index in [2.05, 4.69) is 4.98 Å². The quantitative estimate of drug-likeness (QED) is 0.732. The van der Waals surface area contributed by atoms with Crippen molar-refractivity contribution in [3.8, 4) is 0 Å². The molecule has 0 saturated carbocycles. The van der Waals surface area contributed by atoms with Gasteiger partial charge in [-0.25, -0.2) is 9.78 Å². The largest absolute Gasteiger partial charge is 0.478 e. The summed E-state index contributed by atoms with van der Waals surface area (Å²) in [6.45, 7) is 0.173. The van der Waals surface area contributed by atoms with E-state index < -0.39 is 5.97 Å². The third-order valence-electron chi connectivity index (χ3n) is 2.17. The summed E-state index contributed by atoms with van der Waals surface area (Å²) in [5.74, 6) is -1.09. The Morgan fingerprint density at radius 3 is 2.88 bits per heavy atom. The van der Waals surface area contributed by atoms with Crippen LogP contribution < -0.4 is 11.3 Å². The third-order valence-corrected chi connectivity index (χ3v) is 2.17. The minimum Gasteiger partial charge on any atom is -0.478 e. The molecule has 0 fully saturated rings. The Labute approximate surface area is 90.0 Å². The summed E-state index contributed by atoms with van der Waals surface area (Å²) in [5.41, 5.74) is 5.95. The van der Waals surface area contributed by atoms with E-state index in [0.29, 0.717) is 11.3 Å². The van der Waals surface area contributed by atoms with Gasteiger partial charge in [0.25, 0.3) is 5.56 Å². The molecule has 82 valence electrons. The molecule has 0 aliphatic rings. The highest BCUT2D eigenvalue weighted by Gasteiger charge is 2.06. The van der Waals surface area contributed by atoms with Crippen molar-refractivity contribution in [1.82, 2.24) is 9.38 Å². The van der Waals surface area contributed by atoms with Gasteiger partial charge in [0, 0.05) is 18.8 Å². The van der Waals surface area contributed by atoms with Gasteiger partial charge in [0.05, 0.1) is 11.3 Å². The van der Waals surface area contributed by atoms with Crippen LogP contribution in [0.3, 0.4) is 0 Å². The molecule has 0 unspecified atom stereocenters. The summed E-state index contributed by atoms with van der Waals surface area (Å²) in [7, 11) is 0. The van der Waals surface area contributed by atoms with Crippen molar-refractivity contribution in [3.63, 3.8) is 0 Å². The minimum absolute atomic E-state index is 0.0388. The Kier molecular flexibility index (Phi) is 2.41. The van der Waals surface area contributed by atoms with Gasteiger partial charge in [-0.1, -0.05) is 0 Å². The predicted molar refractivity (Wildman–Crippen MR) is 56.3 cm³/mol. The van der Waals surface area contributed by atoms with Crippen molar-refractivity contribution in [3.05, 3.63) is 46.0 Å². The maximum atomic E-state index is 11.6. The molecule has 0 aliphatic carbocycles. The van der Waals surface area contributed by atoms with Gasteiger partial charge in [-0.15, -0.1) is 0 Å². The topological polar surface area (TPSA) is 97.7 Å². The molecule has 0 aliphatic heterocycles. The second-order valence-electron chi connectivity index (χ2n) is 3.24. The van der Waals surface area contributed by atoms with E-state index in [1.807, 2.05) is 0 Å². The molecule has 0 atom stereocenters. The van der Waals surface area contributed by atoms with Crippen LogP contribution in [0.25, 0.3) is 5.65 Å². The van der Waals surface area contributed by atoms with Crippen molar-refractivity contribution in [2.75, 3.05) is 0 Å². The zero-order valence-corrected chi connectivity index (χ0v) is 8.25. The third kappa shape index (κ3) is 1.66. The first kappa shape index (κ1) is 10.3. The highest BCUT2D eigenvalue weighted by molar-refractivity contribution is 5.87. The average Bonchev–Trinajstić information content (AvgIpc) is 2.28. The Balaban J connectivity index is 2.75. The lowest BCUT2D eigenvalue weighted by Gasteiger charge is -2.03. The molecule has 16 heavy (non-hydrogen) atoms. The smallest absolute Gasteiger partial charge is 0.337 e.